The summed E-state index contributed by atoms with van der Waals surface area (Å²) in [4.78, 5) is 7.11. The Hall–Kier alpha value is -1.27. The summed E-state index contributed by atoms with van der Waals surface area (Å²) in [5.74, 6) is 0.621. The maximum absolute atomic E-state index is 5.93. The molecule has 0 amide bonds. The number of morpholine rings is 1. The molecule has 3 rings (SSSR count). The Kier molecular flexibility index (Phi) is 4.65. The van der Waals surface area contributed by atoms with Crippen molar-refractivity contribution < 1.29 is 4.74 Å². The molecule has 0 aliphatic carbocycles. The van der Waals surface area contributed by atoms with Crippen LogP contribution < -0.4 is 5.32 Å². The molecule has 0 radical (unpaired) electrons. The van der Waals surface area contributed by atoms with Crippen LogP contribution in [0.15, 0.2) is 0 Å². The van der Waals surface area contributed by atoms with Crippen LogP contribution >= 0.6 is 0 Å². The van der Waals surface area contributed by atoms with Gasteiger partial charge in [-0.25, -0.2) is 4.98 Å². The zero-order chi connectivity index (χ0) is 14.7. The first-order chi connectivity index (χ1) is 10.3. The van der Waals surface area contributed by atoms with Crippen LogP contribution in [0.3, 0.4) is 0 Å². The molecule has 0 spiro atoms. The highest BCUT2D eigenvalue weighted by atomic mass is 16.5. The predicted octanol–water partition coefficient (Wildman–Crippen LogP) is 1.27. The third-order valence-electron chi connectivity index (χ3n) is 4.46. The molecule has 1 aromatic rings. The molecule has 2 aliphatic heterocycles. The number of aromatic nitrogens is 3. The van der Waals surface area contributed by atoms with Crippen LogP contribution in [-0.2, 0) is 17.6 Å². The van der Waals surface area contributed by atoms with Gasteiger partial charge in [0.2, 0.25) is 5.95 Å². The lowest BCUT2D eigenvalue weighted by molar-refractivity contribution is -0.0416. The molecule has 6 nitrogen and oxygen atoms in total. The second kappa shape index (κ2) is 6.66. The van der Waals surface area contributed by atoms with Crippen LogP contribution in [-0.4, -0.2) is 58.5 Å². The average Bonchev–Trinajstić information content (AvgIpc) is 3.00. The topological polar surface area (TPSA) is 63.2 Å². The standard InChI is InChI=1S/C15H25N5O/c1-3-13-14(4-2)18-19-15(17-13)16-8-12-9-20-7-5-6-11(20)10-21-12/h11-12H,3-10H2,1-2H3,(H,16,17,19). The second-order valence-electron chi connectivity index (χ2n) is 5.86. The predicted molar refractivity (Wildman–Crippen MR) is 81.4 cm³/mol. The van der Waals surface area contributed by atoms with E-state index in [9.17, 15) is 0 Å². The highest BCUT2D eigenvalue weighted by Crippen LogP contribution is 2.22. The molecule has 2 unspecified atom stereocenters. The molecule has 0 aromatic carbocycles. The number of anilines is 1. The molecule has 6 heteroatoms. The van der Waals surface area contributed by atoms with Gasteiger partial charge in [0.25, 0.3) is 0 Å². The van der Waals surface area contributed by atoms with E-state index in [1.165, 1.54) is 19.4 Å². The summed E-state index contributed by atoms with van der Waals surface area (Å²) in [6.45, 7) is 8.03. The van der Waals surface area contributed by atoms with E-state index in [4.69, 9.17) is 4.74 Å². The SMILES string of the molecule is CCc1nnc(NCC2CN3CCCC3CO2)nc1CC. The van der Waals surface area contributed by atoms with Crippen molar-refractivity contribution in [3.05, 3.63) is 11.4 Å². The van der Waals surface area contributed by atoms with Gasteiger partial charge >= 0.3 is 0 Å². The van der Waals surface area contributed by atoms with Crippen molar-refractivity contribution in [2.24, 2.45) is 0 Å². The zero-order valence-electron chi connectivity index (χ0n) is 13.0. The molecule has 2 aliphatic rings. The summed E-state index contributed by atoms with van der Waals surface area (Å²) < 4.78 is 5.93. The number of fused-ring (bicyclic) bond motifs is 1. The number of aryl methyl sites for hydroxylation is 2. The fourth-order valence-corrected chi connectivity index (χ4v) is 3.23. The number of hydrogen-bond donors (Lipinski definition) is 1. The summed E-state index contributed by atoms with van der Waals surface area (Å²) in [5.41, 5.74) is 2.04. The Morgan fingerprint density at radius 2 is 2.10 bits per heavy atom. The maximum atomic E-state index is 5.93. The molecule has 1 aromatic heterocycles. The maximum Gasteiger partial charge on any atom is 0.243 e. The lowest BCUT2D eigenvalue weighted by Crippen LogP contribution is -2.48. The van der Waals surface area contributed by atoms with Crippen molar-refractivity contribution in [1.29, 1.82) is 0 Å². The highest BCUT2D eigenvalue weighted by molar-refractivity contribution is 5.26. The number of ether oxygens (including phenoxy) is 1. The first kappa shape index (κ1) is 14.7. The van der Waals surface area contributed by atoms with Gasteiger partial charge in [0.15, 0.2) is 0 Å². The fraction of sp³-hybridized carbons (Fsp3) is 0.800. The Morgan fingerprint density at radius 1 is 1.24 bits per heavy atom. The van der Waals surface area contributed by atoms with Gasteiger partial charge in [-0.05, 0) is 32.2 Å². The van der Waals surface area contributed by atoms with E-state index in [0.29, 0.717) is 12.0 Å². The molecule has 21 heavy (non-hydrogen) atoms. The quantitative estimate of drug-likeness (QED) is 0.881. The van der Waals surface area contributed by atoms with E-state index in [-0.39, 0.29) is 6.10 Å². The van der Waals surface area contributed by atoms with Crippen molar-refractivity contribution in [3.8, 4) is 0 Å². The summed E-state index contributed by atoms with van der Waals surface area (Å²) in [6.07, 6.45) is 4.58. The summed E-state index contributed by atoms with van der Waals surface area (Å²) >= 11 is 0. The van der Waals surface area contributed by atoms with Crippen molar-refractivity contribution >= 4 is 5.95 Å². The minimum Gasteiger partial charge on any atom is -0.373 e. The lowest BCUT2D eigenvalue weighted by atomic mass is 10.2. The normalized spacial score (nSPS) is 25.8. The van der Waals surface area contributed by atoms with Crippen LogP contribution in [0.1, 0.15) is 38.1 Å². The van der Waals surface area contributed by atoms with Crippen molar-refractivity contribution in [2.75, 3.05) is 31.6 Å². The first-order valence-electron chi connectivity index (χ1n) is 8.12. The molecule has 2 saturated heterocycles. The molecular weight excluding hydrogens is 266 g/mol. The third-order valence-corrected chi connectivity index (χ3v) is 4.46. The molecule has 2 atom stereocenters. The van der Waals surface area contributed by atoms with Gasteiger partial charge in [-0.2, -0.15) is 5.10 Å². The van der Waals surface area contributed by atoms with Gasteiger partial charge in [-0.15, -0.1) is 5.10 Å². The Labute approximate surface area is 126 Å². The van der Waals surface area contributed by atoms with Gasteiger partial charge in [0.05, 0.1) is 24.1 Å². The van der Waals surface area contributed by atoms with E-state index in [2.05, 4.69) is 39.2 Å². The van der Waals surface area contributed by atoms with E-state index in [1.807, 2.05) is 0 Å². The Bertz CT molecular complexity index is 481. The van der Waals surface area contributed by atoms with Gasteiger partial charge in [-0.3, -0.25) is 4.90 Å². The Morgan fingerprint density at radius 3 is 2.90 bits per heavy atom. The van der Waals surface area contributed by atoms with Gasteiger partial charge in [0.1, 0.15) is 0 Å². The van der Waals surface area contributed by atoms with Crippen molar-refractivity contribution in [3.63, 3.8) is 0 Å². The minimum absolute atomic E-state index is 0.221. The lowest BCUT2D eigenvalue weighted by Gasteiger charge is -2.35. The first-order valence-corrected chi connectivity index (χ1v) is 8.12. The van der Waals surface area contributed by atoms with Crippen LogP contribution in [0, 0.1) is 0 Å². The summed E-state index contributed by atoms with van der Waals surface area (Å²) in [5, 5.41) is 11.7. The second-order valence-corrected chi connectivity index (χ2v) is 5.86. The summed E-state index contributed by atoms with van der Waals surface area (Å²) in [6, 6.07) is 0.648. The minimum atomic E-state index is 0.221. The molecular formula is C15H25N5O. The van der Waals surface area contributed by atoms with Crippen LogP contribution in [0.4, 0.5) is 5.95 Å². The summed E-state index contributed by atoms with van der Waals surface area (Å²) in [7, 11) is 0. The van der Waals surface area contributed by atoms with Crippen LogP contribution in [0.5, 0.6) is 0 Å². The van der Waals surface area contributed by atoms with Gasteiger partial charge in [-0.1, -0.05) is 13.8 Å². The number of nitrogens with zero attached hydrogens (tertiary/aromatic N) is 4. The van der Waals surface area contributed by atoms with Crippen LogP contribution in [0.25, 0.3) is 0 Å². The number of nitrogens with one attached hydrogen (secondary N) is 1. The molecule has 0 bridgehead atoms. The number of rotatable bonds is 5. The number of hydrogen-bond acceptors (Lipinski definition) is 6. The van der Waals surface area contributed by atoms with Crippen molar-refractivity contribution in [2.45, 2.75) is 51.7 Å². The van der Waals surface area contributed by atoms with E-state index >= 15 is 0 Å². The molecule has 1 N–H and O–H groups in total. The highest BCUT2D eigenvalue weighted by Gasteiger charge is 2.32. The average molecular weight is 291 g/mol. The fourth-order valence-electron chi connectivity index (χ4n) is 3.23. The largest absolute Gasteiger partial charge is 0.373 e. The molecule has 0 saturated carbocycles. The van der Waals surface area contributed by atoms with Gasteiger partial charge in [0, 0.05) is 19.1 Å². The zero-order valence-corrected chi connectivity index (χ0v) is 13.0. The van der Waals surface area contributed by atoms with E-state index in [1.54, 1.807) is 0 Å². The molecule has 2 fully saturated rings. The third kappa shape index (κ3) is 3.32. The van der Waals surface area contributed by atoms with Crippen LogP contribution in [0.2, 0.25) is 0 Å². The molecule has 3 heterocycles. The Balaban J connectivity index is 1.55. The monoisotopic (exact) mass is 291 g/mol. The van der Waals surface area contributed by atoms with Gasteiger partial charge < -0.3 is 10.1 Å². The van der Waals surface area contributed by atoms with Crippen molar-refractivity contribution in [1.82, 2.24) is 20.1 Å². The van der Waals surface area contributed by atoms with E-state index < -0.39 is 0 Å². The molecule has 116 valence electrons. The smallest absolute Gasteiger partial charge is 0.243 e. The van der Waals surface area contributed by atoms with E-state index in [0.717, 1.165) is 43.9 Å².